The van der Waals surface area contributed by atoms with Crippen molar-refractivity contribution >= 4 is 23.0 Å². The van der Waals surface area contributed by atoms with Gasteiger partial charge in [0.1, 0.15) is 0 Å². The van der Waals surface area contributed by atoms with Gasteiger partial charge in [0.2, 0.25) is 0 Å². The van der Waals surface area contributed by atoms with Crippen molar-refractivity contribution in [2.24, 2.45) is 0 Å². The van der Waals surface area contributed by atoms with Crippen LogP contribution in [0.5, 0.6) is 0 Å². The quantitative estimate of drug-likeness (QED) is 0.834. The summed E-state index contributed by atoms with van der Waals surface area (Å²) in [5.41, 5.74) is 2.31. The lowest BCUT2D eigenvalue weighted by atomic mass is 10.0. The number of benzene rings is 2. The van der Waals surface area contributed by atoms with Crippen LogP contribution in [0.25, 0.3) is 0 Å². The summed E-state index contributed by atoms with van der Waals surface area (Å²) < 4.78 is 0. The summed E-state index contributed by atoms with van der Waals surface area (Å²) >= 11 is 5.52. The molecule has 2 nitrogen and oxygen atoms in total. The van der Waals surface area contributed by atoms with Crippen LogP contribution >= 0.6 is 12.2 Å². The summed E-state index contributed by atoms with van der Waals surface area (Å²) in [4.78, 5) is 2.12. The van der Waals surface area contributed by atoms with E-state index in [0.29, 0.717) is 6.04 Å². The lowest BCUT2D eigenvalue weighted by Gasteiger charge is -2.30. The lowest BCUT2D eigenvalue weighted by molar-refractivity contribution is 0.370. The van der Waals surface area contributed by atoms with Crippen LogP contribution in [-0.2, 0) is 0 Å². The van der Waals surface area contributed by atoms with Gasteiger partial charge in [0.05, 0.1) is 6.04 Å². The third-order valence-corrected chi connectivity index (χ3v) is 3.77. The first kappa shape index (κ1) is 14.5. The van der Waals surface area contributed by atoms with Gasteiger partial charge in [-0.3, -0.25) is 0 Å². The number of para-hydroxylation sites is 1. The molecule has 2 aromatic carbocycles. The zero-order valence-electron chi connectivity index (χ0n) is 11.9. The molecule has 20 heavy (non-hydrogen) atoms. The van der Waals surface area contributed by atoms with Crippen LogP contribution in [0.4, 0.5) is 5.69 Å². The third-order valence-electron chi connectivity index (χ3n) is 3.38. The molecule has 0 aromatic heterocycles. The summed E-state index contributed by atoms with van der Waals surface area (Å²) in [5, 5.41) is 4.03. The molecular formula is C17H20N2S. The van der Waals surface area contributed by atoms with E-state index < -0.39 is 0 Å². The molecule has 0 fully saturated rings. The van der Waals surface area contributed by atoms with Crippen LogP contribution in [-0.4, -0.2) is 17.1 Å². The van der Waals surface area contributed by atoms with Gasteiger partial charge in [-0.25, -0.2) is 0 Å². The van der Waals surface area contributed by atoms with E-state index in [-0.39, 0.29) is 0 Å². The van der Waals surface area contributed by atoms with Crippen LogP contribution < -0.4 is 5.32 Å². The van der Waals surface area contributed by atoms with Crippen LogP contribution in [0.15, 0.2) is 60.7 Å². The van der Waals surface area contributed by atoms with E-state index in [1.54, 1.807) is 0 Å². The fraction of sp³-hybridized carbons (Fsp3) is 0.235. The first-order valence-electron chi connectivity index (χ1n) is 6.86. The SMILES string of the molecule is CC[C@@H](c1ccccc1)N(C)C(=S)Nc1ccccc1. The molecule has 3 heteroatoms. The molecule has 0 saturated heterocycles. The Kier molecular flexibility index (Phi) is 5.13. The normalized spacial score (nSPS) is 11.7. The average molecular weight is 284 g/mol. The number of rotatable bonds is 4. The van der Waals surface area contributed by atoms with E-state index in [1.807, 2.05) is 43.4 Å². The molecule has 0 spiro atoms. The minimum Gasteiger partial charge on any atom is -0.345 e. The van der Waals surface area contributed by atoms with Crippen LogP contribution in [0, 0.1) is 0 Å². The minimum absolute atomic E-state index is 0.292. The van der Waals surface area contributed by atoms with Crippen molar-refractivity contribution in [2.45, 2.75) is 19.4 Å². The molecule has 0 aliphatic rings. The molecule has 0 saturated carbocycles. The molecule has 0 aliphatic heterocycles. The molecule has 0 heterocycles. The highest BCUT2D eigenvalue weighted by molar-refractivity contribution is 7.80. The summed E-state index contributed by atoms with van der Waals surface area (Å²) in [7, 11) is 2.04. The predicted molar refractivity (Wildman–Crippen MR) is 89.9 cm³/mol. The lowest BCUT2D eigenvalue weighted by Crippen LogP contribution is -2.34. The largest absolute Gasteiger partial charge is 0.345 e. The van der Waals surface area contributed by atoms with Gasteiger partial charge in [0.25, 0.3) is 0 Å². The van der Waals surface area contributed by atoms with E-state index in [1.165, 1.54) is 5.56 Å². The number of hydrogen-bond donors (Lipinski definition) is 1. The summed E-state index contributed by atoms with van der Waals surface area (Å²) in [5.74, 6) is 0. The zero-order valence-corrected chi connectivity index (χ0v) is 12.7. The molecule has 1 N–H and O–H groups in total. The molecule has 104 valence electrons. The van der Waals surface area contributed by atoms with Gasteiger partial charge in [-0.1, -0.05) is 55.5 Å². The van der Waals surface area contributed by atoms with Crippen LogP contribution in [0.2, 0.25) is 0 Å². The zero-order chi connectivity index (χ0) is 14.4. The number of nitrogens with one attached hydrogen (secondary N) is 1. The monoisotopic (exact) mass is 284 g/mol. The van der Waals surface area contributed by atoms with Gasteiger partial charge in [-0.05, 0) is 36.3 Å². The Hall–Kier alpha value is -1.87. The molecule has 2 aromatic rings. The summed E-state index contributed by atoms with van der Waals surface area (Å²) in [6.07, 6.45) is 1.01. The van der Waals surface area contributed by atoms with E-state index in [2.05, 4.69) is 41.4 Å². The third kappa shape index (κ3) is 3.58. The number of hydrogen-bond acceptors (Lipinski definition) is 1. The number of anilines is 1. The van der Waals surface area contributed by atoms with Crippen molar-refractivity contribution in [1.82, 2.24) is 4.90 Å². The van der Waals surface area contributed by atoms with Gasteiger partial charge in [-0.2, -0.15) is 0 Å². The van der Waals surface area contributed by atoms with E-state index in [4.69, 9.17) is 12.2 Å². The average Bonchev–Trinajstić information content (AvgIpc) is 2.50. The Morgan fingerprint density at radius 1 is 1.05 bits per heavy atom. The first-order chi connectivity index (χ1) is 9.72. The molecule has 0 unspecified atom stereocenters. The Morgan fingerprint density at radius 2 is 1.60 bits per heavy atom. The van der Waals surface area contributed by atoms with Crippen molar-refractivity contribution in [3.63, 3.8) is 0 Å². The fourth-order valence-electron chi connectivity index (χ4n) is 2.28. The highest BCUT2D eigenvalue weighted by Crippen LogP contribution is 2.23. The molecule has 2 rings (SSSR count). The van der Waals surface area contributed by atoms with Crippen molar-refractivity contribution in [3.05, 3.63) is 66.2 Å². The number of nitrogens with zero attached hydrogens (tertiary/aromatic N) is 1. The van der Waals surface area contributed by atoms with Gasteiger partial charge in [0, 0.05) is 12.7 Å². The molecular weight excluding hydrogens is 264 g/mol. The van der Waals surface area contributed by atoms with Crippen LogP contribution in [0.3, 0.4) is 0 Å². The molecule has 0 radical (unpaired) electrons. The second-order valence-electron chi connectivity index (χ2n) is 4.74. The maximum Gasteiger partial charge on any atom is 0.173 e. The topological polar surface area (TPSA) is 15.3 Å². The van der Waals surface area contributed by atoms with Crippen molar-refractivity contribution in [3.8, 4) is 0 Å². The van der Waals surface area contributed by atoms with Gasteiger partial charge >= 0.3 is 0 Å². The van der Waals surface area contributed by atoms with Gasteiger partial charge in [0.15, 0.2) is 5.11 Å². The second kappa shape index (κ2) is 7.06. The Labute approximate surface area is 126 Å². The van der Waals surface area contributed by atoms with Crippen LogP contribution in [0.1, 0.15) is 24.9 Å². The summed E-state index contributed by atoms with van der Waals surface area (Å²) in [6, 6.07) is 20.8. The maximum absolute atomic E-state index is 5.52. The first-order valence-corrected chi connectivity index (χ1v) is 7.27. The van der Waals surface area contributed by atoms with E-state index >= 15 is 0 Å². The van der Waals surface area contributed by atoms with Gasteiger partial charge < -0.3 is 10.2 Å². The molecule has 1 atom stereocenters. The smallest absolute Gasteiger partial charge is 0.173 e. The van der Waals surface area contributed by atoms with E-state index in [0.717, 1.165) is 17.2 Å². The summed E-state index contributed by atoms with van der Waals surface area (Å²) in [6.45, 7) is 2.18. The van der Waals surface area contributed by atoms with E-state index in [9.17, 15) is 0 Å². The Bertz CT molecular complexity index is 539. The fourth-order valence-corrected chi connectivity index (χ4v) is 2.53. The minimum atomic E-state index is 0.292. The van der Waals surface area contributed by atoms with Crippen molar-refractivity contribution in [1.29, 1.82) is 0 Å². The predicted octanol–water partition coefficient (Wildman–Crippen LogP) is 4.47. The highest BCUT2D eigenvalue weighted by atomic mass is 32.1. The molecule has 0 aliphatic carbocycles. The Morgan fingerprint density at radius 3 is 2.15 bits per heavy atom. The molecule has 0 amide bonds. The van der Waals surface area contributed by atoms with Gasteiger partial charge in [-0.15, -0.1) is 0 Å². The highest BCUT2D eigenvalue weighted by Gasteiger charge is 2.17. The number of thiocarbonyl (C=S) groups is 1. The maximum atomic E-state index is 5.52. The Balaban J connectivity index is 2.09. The van der Waals surface area contributed by atoms with Crippen molar-refractivity contribution < 1.29 is 0 Å². The standard InChI is InChI=1S/C17H20N2S/c1-3-16(14-10-6-4-7-11-14)19(2)17(20)18-15-12-8-5-9-13-15/h4-13,16H,3H2,1-2H3,(H,18,20)/t16-/m0/s1. The molecule has 0 bridgehead atoms. The second-order valence-corrected chi connectivity index (χ2v) is 5.13. The van der Waals surface area contributed by atoms with Crippen molar-refractivity contribution in [2.75, 3.05) is 12.4 Å².